The number of nitrogens with two attached hydrogens (primary N) is 1. The van der Waals surface area contributed by atoms with E-state index in [9.17, 15) is 19.2 Å². The van der Waals surface area contributed by atoms with Crippen LogP contribution in [-0.2, 0) is 9.59 Å². The van der Waals surface area contributed by atoms with E-state index in [1.807, 2.05) is 0 Å². The first-order valence-electron chi connectivity index (χ1n) is 8.29. The Morgan fingerprint density at radius 2 is 1.71 bits per heavy atom. The highest BCUT2D eigenvalue weighted by Gasteiger charge is 2.36. The number of hydrogen-bond acceptors (Lipinski definition) is 6. The van der Waals surface area contributed by atoms with Gasteiger partial charge in [0.05, 0.1) is 11.4 Å². The van der Waals surface area contributed by atoms with E-state index in [0.29, 0.717) is 16.9 Å². The molecule has 1 saturated heterocycles. The summed E-state index contributed by atoms with van der Waals surface area (Å²) in [6.07, 6.45) is 1.57. The van der Waals surface area contributed by atoms with Gasteiger partial charge in [0.2, 0.25) is 0 Å². The van der Waals surface area contributed by atoms with Gasteiger partial charge in [-0.3, -0.25) is 24.1 Å². The zero-order chi connectivity index (χ0) is 20.1. The number of carbonyl (C=O) groups is 4. The highest BCUT2D eigenvalue weighted by Crippen LogP contribution is 2.32. The van der Waals surface area contributed by atoms with Gasteiger partial charge < -0.3 is 10.5 Å². The number of Topliss-reactive ketones (excluding diaryl/α,β-unsaturated/α-hetero) is 1. The Morgan fingerprint density at radius 1 is 1.04 bits per heavy atom. The molecule has 0 saturated carbocycles. The van der Waals surface area contributed by atoms with E-state index in [-0.39, 0.29) is 23.8 Å². The van der Waals surface area contributed by atoms with Crippen LogP contribution in [0, 0.1) is 0 Å². The summed E-state index contributed by atoms with van der Waals surface area (Å²) < 4.78 is 5.17. The second kappa shape index (κ2) is 8.53. The van der Waals surface area contributed by atoms with Crippen molar-refractivity contribution in [1.82, 2.24) is 4.90 Å². The summed E-state index contributed by atoms with van der Waals surface area (Å²) >= 11 is 0.786. The number of carbonyl (C=O) groups excluding carboxylic acids is 4. The van der Waals surface area contributed by atoms with Gasteiger partial charge in [-0.2, -0.15) is 0 Å². The molecule has 2 N–H and O–H groups in total. The summed E-state index contributed by atoms with van der Waals surface area (Å²) in [6, 6.07) is 15.1. The number of benzene rings is 2. The van der Waals surface area contributed by atoms with E-state index in [1.54, 1.807) is 60.7 Å². The zero-order valence-corrected chi connectivity index (χ0v) is 15.5. The van der Waals surface area contributed by atoms with Gasteiger partial charge in [0.1, 0.15) is 5.75 Å². The van der Waals surface area contributed by atoms with Crippen molar-refractivity contribution in [2.45, 2.75) is 0 Å². The maximum atomic E-state index is 12.5. The van der Waals surface area contributed by atoms with E-state index in [1.165, 1.54) is 0 Å². The molecule has 1 fully saturated rings. The smallest absolute Gasteiger partial charge is 0.293 e. The van der Waals surface area contributed by atoms with Gasteiger partial charge >= 0.3 is 0 Å². The van der Waals surface area contributed by atoms with E-state index >= 15 is 0 Å². The minimum atomic E-state index is -0.581. The third kappa shape index (κ3) is 4.66. The fourth-order valence-corrected chi connectivity index (χ4v) is 3.30. The molecule has 0 bridgehead atoms. The van der Waals surface area contributed by atoms with E-state index in [0.717, 1.165) is 16.7 Å². The zero-order valence-electron chi connectivity index (χ0n) is 14.7. The average molecular weight is 396 g/mol. The SMILES string of the molecule is NC(=O)COc1ccc(/C=C2\SC(=O)N(CC(=O)c3ccccc3)C2=O)cc1. The van der Waals surface area contributed by atoms with Gasteiger partial charge in [0, 0.05) is 5.56 Å². The second-order valence-electron chi connectivity index (χ2n) is 5.88. The maximum absolute atomic E-state index is 12.5. The molecule has 0 aromatic heterocycles. The monoisotopic (exact) mass is 396 g/mol. The third-order valence-corrected chi connectivity index (χ3v) is 4.74. The second-order valence-corrected chi connectivity index (χ2v) is 6.87. The number of nitrogens with zero attached hydrogens (tertiary/aromatic N) is 1. The number of imide groups is 1. The van der Waals surface area contributed by atoms with Crippen molar-refractivity contribution in [1.29, 1.82) is 0 Å². The minimum absolute atomic E-state index is 0.228. The quantitative estimate of drug-likeness (QED) is 0.569. The van der Waals surface area contributed by atoms with Gasteiger partial charge in [-0.05, 0) is 35.5 Å². The van der Waals surface area contributed by atoms with Crippen LogP contribution in [0.5, 0.6) is 5.75 Å². The summed E-state index contributed by atoms with van der Waals surface area (Å²) in [5.41, 5.74) is 6.13. The van der Waals surface area contributed by atoms with Crippen LogP contribution in [-0.4, -0.2) is 40.9 Å². The van der Waals surface area contributed by atoms with Crippen molar-refractivity contribution in [2.75, 3.05) is 13.2 Å². The minimum Gasteiger partial charge on any atom is -0.484 e. The Bertz CT molecular complexity index is 954. The van der Waals surface area contributed by atoms with Crippen molar-refractivity contribution < 1.29 is 23.9 Å². The molecule has 3 rings (SSSR count). The summed E-state index contributed by atoms with van der Waals surface area (Å²) in [7, 11) is 0. The molecule has 1 heterocycles. The van der Waals surface area contributed by atoms with Crippen molar-refractivity contribution in [2.24, 2.45) is 5.73 Å². The largest absolute Gasteiger partial charge is 0.484 e. The highest BCUT2D eigenvalue weighted by molar-refractivity contribution is 8.18. The third-order valence-electron chi connectivity index (χ3n) is 3.83. The molecule has 7 nitrogen and oxygen atoms in total. The lowest BCUT2D eigenvalue weighted by Crippen LogP contribution is -2.33. The summed E-state index contributed by atoms with van der Waals surface area (Å²) in [4.78, 5) is 48.9. The molecule has 8 heteroatoms. The highest BCUT2D eigenvalue weighted by atomic mass is 32.2. The van der Waals surface area contributed by atoms with Crippen molar-refractivity contribution in [3.8, 4) is 5.75 Å². The van der Waals surface area contributed by atoms with E-state index < -0.39 is 17.1 Å². The average Bonchev–Trinajstić information content (AvgIpc) is 2.95. The van der Waals surface area contributed by atoms with Crippen LogP contribution in [0.15, 0.2) is 59.5 Å². The first-order chi connectivity index (χ1) is 13.4. The van der Waals surface area contributed by atoms with Crippen molar-refractivity contribution >= 4 is 40.7 Å². The van der Waals surface area contributed by atoms with Crippen LogP contribution in [0.4, 0.5) is 4.79 Å². The van der Waals surface area contributed by atoms with E-state index in [4.69, 9.17) is 10.5 Å². The predicted molar refractivity (Wildman–Crippen MR) is 105 cm³/mol. The number of hydrogen-bond donors (Lipinski definition) is 1. The van der Waals surface area contributed by atoms with Crippen LogP contribution >= 0.6 is 11.8 Å². The molecular weight excluding hydrogens is 380 g/mol. The van der Waals surface area contributed by atoms with Crippen LogP contribution in [0.25, 0.3) is 6.08 Å². The molecular formula is C20H16N2O5S. The standard InChI is InChI=1S/C20H16N2O5S/c21-18(24)12-27-15-8-6-13(7-9-15)10-17-19(25)22(20(26)28-17)11-16(23)14-4-2-1-3-5-14/h1-10H,11-12H2,(H2,21,24)/b17-10-. The van der Waals surface area contributed by atoms with Gasteiger partial charge in [0.25, 0.3) is 17.1 Å². The Labute approximate surface area is 165 Å². The van der Waals surface area contributed by atoms with Crippen molar-refractivity contribution in [3.05, 3.63) is 70.6 Å². The molecule has 0 atom stereocenters. The van der Waals surface area contributed by atoms with Crippen molar-refractivity contribution in [3.63, 3.8) is 0 Å². The lowest BCUT2D eigenvalue weighted by molar-refractivity contribution is -0.122. The summed E-state index contributed by atoms with van der Waals surface area (Å²) in [6.45, 7) is -0.528. The molecule has 142 valence electrons. The van der Waals surface area contributed by atoms with Gasteiger partial charge in [-0.1, -0.05) is 42.5 Å². The number of ketones is 1. The first kappa shape index (κ1) is 19.4. The van der Waals surface area contributed by atoms with E-state index in [2.05, 4.69) is 0 Å². The molecule has 28 heavy (non-hydrogen) atoms. The van der Waals surface area contributed by atoms with Gasteiger partial charge in [-0.25, -0.2) is 0 Å². The number of rotatable bonds is 7. The van der Waals surface area contributed by atoms with Gasteiger partial charge in [-0.15, -0.1) is 0 Å². The number of amides is 3. The molecule has 1 aliphatic rings. The predicted octanol–water partition coefficient (Wildman–Crippen LogP) is 2.47. The van der Waals surface area contributed by atoms with Crippen LogP contribution in [0.1, 0.15) is 15.9 Å². The number of ether oxygens (including phenoxy) is 1. The normalized spacial score (nSPS) is 15.1. The Hall–Kier alpha value is -3.39. The fraction of sp³-hybridized carbons (Fsp3) is 0.100. The molecule has 0 aliphatic carbocycles. The van der Waals surface area contributed by atoms with Crippen LogP contribution < -0.4 is 10.5 Å². The lowest BCUT2D eigenvalue weighted by atomic mass is 10.1. The molecule has 0 unspecified atom stereocenters. The first-order valence-corrected chi connectivity index (χ1v) is 9.10. The Balaban J connectivity index is 1.68. The lowest BCUT2D eigenvalue weighted by Gasteiger charge is -2.11. The summed E-state index contributed by atoms with van der Waals surface area (Å²) in [5, 5.41) is -0.484. The number of primary amides is 1. The molecule has 2 aromatic carbocycles. The molecule has 0 radical (unpaired) electrons. The van der Waals surface area contributed by atoms with Crippen LogP contribution in [0.2, 0.25) is 0 Å². The fourth-order valence-electron chi connectivity index (χ4n) is 2.46. The van der Waals surface area contributed by atoms with Gasteiger partial charge in [0.15, 0.2) is 12.4 Å². The Kier molecular flexibility index (Phi) is 5.90. The van der Waals surface area contributed by atoms with Crippen LogP contribution in [0.3, 0.4) is 0 Å². The Morgan fingerprint density at radius 3 is 2.36 bits per heavy atom. The molecule has 2 aromatic rings. The number of thioether (sulfide) groups is 1. The molecule has 1 aliphatic heterocycles. The molecule has 3 amide bonds. The molecule has 0 spiro atoms. The topological polar surface area (TPSA) is 107 Å². The summed E-state index contributed by atoms with van der Waals surface area (Å²) in [5.74, 6) is -0.936. The maximum Gasteiger partial charge on any atom is 0.293 e.